The summed E-state index contributed by atoms with van der Waals surface area (Å²) >= 11 is 0. The van der Waals surface area contributed by atoms with Crippen LogP contribution in [0.2, 0.25) is 0 Å². The molecule has 1 fully saturated rings. The molecule has 1 aliphatic heterocycles. The van der Waals surface area contributed by atoms with E-state index in [-0.39, 0.29) is 5.92 Å². The number of carbonyl (C=O) groups is 1. The van der Waals surface area contributed by atoms with Crippen LogP contribution in [0.15, 0.2) is 0 Å². The number of hydrogen-bond donors (Lipinski definition) is 1. The van der Waals surface area contributed by atoms with E-state index >= 15 is 0 Å². The lowest BCUT2D eigenvalue weighted by molar-refractivity contribution is -0.142. The van der Waals surface area contributed by atoms with Crippen LogP contribution in [0.5, 0.6) is 0 Å². The van der Waals surface area contributed by atoms with Gasteiger partial charge in [-0.3, -0.25) is 4.79 Å². The number of aliphatic carboxylic acids is 1. The quantitative estimate of drug-likeness (QED) is 0.911. The van der Waals surface area contributed by atoms with Crippen molar-refractivity contribution < 1.29 is 14.6 Å². The lowest BCUT2D eigenvalue weighted by atomic mass is 9.90. The van der Waals surface area contributed by atoms with Crippen LogP contribution in [0.1, 0.15) is 42.9 Å². The van der Waals surface area contributed by atoms with Gasteiger partial charge >= 0.3 is 5.97 Å². The van der Waals surface area contributed by atoms with Gasteiger partial charge in [0.2, 0.25) is 0 Å². The summed E-state index contributed by atoms with van der Waals surface area (Å²) in [6.07, 6.45) is 6.79. The largest absolute Gasteiger partial charge is 0.481 e. The molecule has 1 aliphatic carbocycles. The van der Waals surface area contributed by atoms with Gasteiger partial charge in [0.05, 0.1) is 17.7 Å². The molecule has 0 aromatic carbocycles. The second-order valence-electron chi connectivity index (χ2n) is 5.93. The second kappa shape index (κ2) is 5.56. The van der Waals surface area contributed by atoms with Crippen LogP contribution in [-0.4, -0.2) is 33.3 Å². The minimum Gasteiger partial charge on any atom is -0.481 e. The number of ether oxygens (including phenoxy) is 1. The van der Waals surface area contributed by atoms with Crippen molar-refractivity contribution in [1.82, 2.24) is 9.55 Å². The predicted molar refractivity (Wildman–Crippen MR) is 73.7 cm³/mol. The Morgan fingerprint density at radius 1 is 1.50 bits per heavy atom. The molecule has 1 saturated heterocycles. The molecule has 5 nitrogen and oxygen atoms in total. The van der Waals surface area contributed by atoms with Gasteiger partial charge in [0.15, 0.2) is 0 Å². The first-order valence-corrected chi connectivity index (χ1v) is 7.53. The monoisotopic (exact) mass is 278 g/mol. The SMILES string of the molecule is Cn1c(CCC2CCCO2)nc2c1CCC(C(=O)O)C2. The fourth-order valence-electron chi connectivity index (χ4n) is 3.36. The maximum absolute atomic E-state index is 11.1. The first kappa shape index (κ1) is 13.6. The molecule has 3 rings (SSSR count). The zero-order valence-corrected chi connectivity index (χ0v) is 12.0. The molecule has 2 unspecified atom stereocenters. The van der Waals surface area contributed by atoms with E-state index in [1.54, 1.807) is 0 Å². The highest BCUT2D eigenvalue weighted by Gasteiger charge is 2.28. The molecule has 0 amide bonds. The van der Waals surface area contributed by atoms with Gasteiger partial charge in [-0.15, -0.1) is 0 Å². The normalized spacial score (nSPS) is 25.6. The van der Waals surface area contributed by atoms with Crippen molar-refractivity contribution in [3.05, 3.63) is 17.2 Å². The Labute approximate surface area is 119 Å². The molecule has 2 aliphatic rings. The van der Waals surface area contributed by atoms with E-state index in [1.165, 1.54) is 12.1 Å². The Kier molecular flexibility index (Phi) is 3.78. The molecule has 20 heavy (non-hydrogen) atoms. The van der Waals surface area contributed by atoms with Crippen LogP contribution in [0.25, 0.3) is 0 Å². The molecule has 110 valence electrons. The third-order valence-electron chi connectivity index (χ3n) is 4.62. The first-order chi connectivity index (χ1) is 9.65. The highest BCUT2D eigenvalue weighted by Crippen LogP contribution is 2.27. The van der Waals surface area contributed by atoms with E-state index in [0.29, 0.717) is 12.5 Å². The number of aromatic nitrogens is 2. The van der Waals surface area contributed by atoms with Crippen molar-refractivity contribution in [2.75, 3.05) is 6.61 Å². The first-order valence-electron chi connectivity index (χ1n) is 7.53. The fourth-order valence-corrected chi connectivity index (χ4v) is 3.36. The molecule has 1 aromatic heterocycles. The number of hydrogen-bond acceptors (Lipinski definition) is 3. The average Bonchev–Trinajstić information content (AvgIpc) is 3.04. The summed E-state index contributed by atoms with van der Waals surface area (Å²) in [6.45, 7) is 0.891. The predicted octanol–water partition coefficient (Wildman–Crippen LogP) is 1.72. The topological polar surface area (TPSA) is 64.4 Å². The number of fused-ring (bicyclic) bond motifs is 1. The highest BCUT2D eigenvalue weighted by atomic mass is 16.5. The number of carboxylic acids is 1. The Bertz CT molecular complexity index is 503. The summed E-state index contributed by atoms with van der Waals surface area (Å²) in [5, 5.41) is 9.14. The zero-order chi connectivity index (χ0) is 14.1. The van der Waals surface area contributed by atoms with Crippen LogP contribution in [-0.2, 0) is 35.8 Å². The minimum atomic E-state index is -0.692. The zero-order valence-electron chi connectivity index (χ0n) is 12.0. The number of carboxylic acid groups (broad SMARTS) is 1. The van der Waals surface area contributed by atoms with Gasteiger partial charge in [-0.25, -0.2) is 4.98 Å². The molecule has 0 radical (unpaired) electrons. The van der Waals surface area contributed by atoms with Crippen molar-refractivity contribution in [1.29, 1.82) is 0 Å². The summed E-state index contributed by atoms with van der Waals surface area (Å²) in [4.78, 5) is 15.8. The lowest BCUT2D eigenvalue weighted by Gasteiger charge is -2.18. The summed E-state index contributed by atoms with van der Waals surface area (Å²) in [5.41, 5.74) is 2.22. The number of rotatable bonds is 4. The van der Waals surface area contributed by atoms with Crippen LogP contribution < -0.4 is 0 Å². The van der Waals surface area contributed by atoms with Crippen molar-refractivity contribution in [2.45, 2.75) is 51.0 Å². The van der Waals surface area contributed by atoms with Crippen molar-refractivity contribution in [2.24, 2.45) is 13.0 Å². The van der Waals surface area contributed by atoms with E-state index in [9.17, 15) is 4.79 Å². The lowest BCUT2D eigenvalue weighted by Crippen LogP contribution is -2.22. The van der Waals surface area contributed by atoms with Crippen LogP contribution in [0, 0.1) is 5.92 Å². The van der Waals surface area contributed by atoms with E-state index in [0.717, 1.165) is 50.2 Å². The van der Waals surface area contributed by atoms with E-state index in [4.69, 9.17) is 9.84 Å². The molecule has 0 spiro atoms. The van der Waals surface area contributed by atoms with Crippen LogP contribution in [0.3, 0.4) is 0 Å². The molecule has 0 bridgehead atoms. The van der Waals surface area contributed by atoms with Crippen molar-refractivity contribution >= 4 is 5.97 Å². The van der Waals surface area contributed by atoms with E-state index < -0.39 is 5.97 Å². The maximum atomic E-state index is 11.1. The summed E-state index contributed by atoms with van der Waals surface area (Å²) in [6, 6.07) is 0. The number of nitrogens with zero attached hydrogens (tertiary/aromatic N) is 2. The number of imidazole rings is 1. The second-order valence-corrected chi connectivity index (χ2v) is 5.93. The summed E-state index contributed by atoms with van der Waals surface area (Å²) < 4.78 is 7.82. The molecule has 2 heterocycles. The molecule has 1 aromatic rings. The molecule has 5 heteroatoms. The van der Waals surface area contributed by atoms with Gasteiger partial charge in [-0.2, -0.15) is 0 Å². The van der Waals surface area contributed by atoms with E-state index in [2.05, 4.69) is 16.6 Å². The molecular weight excluding hydrogens is 256 g/mol. The Morgan fingerprint density at radius 3 is 3.05 bits per heavy atom. The van der Waals surface area contributed by atoms with E-state index in [1.807, 2.05) is 0 Å². The van der Waals surface area contributed by atoms with Crippen molar-refractivity contribution in [3.63, 3.8) is 0 Å². The smallest absolute Gasteiger partial charge is 0.306 e. The number of aryl methyl sites for hydroxylation is 1. The Morgan fingerprint density at radius 2 is 2.35 bits per heavy atom. The van der Waals surface area contributed by atoms with Crippen LogP contribution >= 0.6 is 0 Å². The molecule has 0 saturated carbocycles. The molecule has 2 atom stereocenters. The van der Waals surface area contributed by atoms with Gasteiger partial charge in [-0.05, 0) is 32.1 Å². The van der Waals surface area contributed by atoms with Gasteiger partial charge in [-0.1, -0.05) is 0 Å². The van der Waals surface area contributed by atoms with Crippen molar-refractivity contribution in [3.8, 4) is 0 Å². The third kappa shape index (κ3) is 2.59. The molecule has 1 N–H and O–H groups in total. The van der Waals surface area contributed by atoms with Gasteiger partial charge in [0.1, 0.15) is 5.82 Å². The van der Waals surface area contributed by atoms with Gasteiger partial charge in [0.25, 0.3) is 0 Å². The minimum absolute atomic E-state index is 0.261. The third-order valence-corrected chi connectivity index (χ3v) is 4.62. The van der Waals surface area contributed by atoms with Crippen LogP contribution in [0.4, 0.5) is 0 Å². The standard InChI is InChI=1S/C15H22N2O3/c1-17-13-6-4-10(15(18)19)9-12(13)16-14(17)7-5-11-3-2-8-20-11/h10-11H,2-9H2,1H3,(H,18,19). The van der Waals surface area contributed by atoms with Gasteiger partial charge < -0.3 is 14.4 Å². The Hall–Kier alpha value is -1.36. The highest BCUT2D eigenvalue weighted by molar-refractivity contribution is 5.70. The summed E-state index contributed by atoms with van der Waals surface area (Å²) in [5.74, 6) is 0.127. The molecular formula is C15H22N2O3. The maximum Gasteiger partial charge on any atom is 0.306 e. The fraction of sp³-hybridized carbons (Fsp3) is 0.733. The average molecular weight is 278 g/mol. The Balaban J connectivity index is 1.69. The van der Waals surface area contributed by atoms with Gasteiger partial charge in [0, 0.05) is 32.2 Å². The summed E-state index contributed by atoms with van der Waals surface area (Å²) in [7, 11) is 2.05.